The average molecular weight is 288 g/mol. The molecule has 3 nitrogen and oxygen atoms in total. The first-order valence-electron chi connectivity index (χ1n) is 5.15. The Morgan fingerprint density at radius 3 is 2.47 bits per heavy atom. The summed E-state index contributed by atoms with van der Waals surface area (Å²) >= 11 is 13.4. The highest BCUT2D eigenvalue weighted by Gasteiger charge is 2.12. The number of halogens is 2. The van der Waals surface area contributed by atoms with Crippen LogP contribution in [0.1, 0.15) is 24.4 Å². The maximum Gasteiger partial charge on any atom is 0.147 e. The average Bonchev–Trinajstić information content (AvgIpc) is 2.76. The van der Waals surface area contributed by atoms with Crippen LogP contribution in [0.25, 0.3) is 10.6 Å². The lowest BCUT2D eigenvalue weighted by atomic mass is 10.2. The van der Waals surface area contributed by atoms with Gasteiger partial charge in [-0.2, -0.15) is 0 Å². The highest BCUT2D eigenvalue weighted by atomic mass is 35.5. The first-order valence-corrected chi connectivity index (χ1v) is 6.73. The van der Waals surface area contributed by atoms with Crippen molar-refractivity contribution in [3.05, 3.63) is 33.3 Å². The van der Waals surface area contributed by atoms with Gasteiger partial charge in [0.05, 0.1) is 6.04 Å². The molecule has 0 saturated heterocycles. The number of rotatable bonds is 3. The Labute approximate surface area is 114 Å². The predicted octanol–water partition coefficient (Wildman–Crippen LogP) is 3.92. The van der Waals surface area contributed by atoms with Crippen LogP contribution in [0.5, 0.6) is 0 Å². The van der Waals surface area contributed by atoms with Crippen molar-refractivity contribution in [2.75, 3.05) is 0 Å². The van der Waals surface area contributed by atoms with Crippen LogP contribution in [0.15, 0.2) is 18.2 Å². The highest BCUT2D eigenvalue weighted by Crippen LogP contribution is 2.30. The molecule has 0 amide bonds. The van der Waals surface area contributed by atoms with Crippen LogP contribution in [0.4, 0.5) is 0 Å². The fraction of sp³-hybridized carbons (Fsp3) is 0.273. The Morgan fingerprint density at radius 1 is 1.24 bits per heavy atom. The summed E-state index contributed by atoms with van der Waals surface area (Å²) in [5.74, 6) is 0. The van der Waals surface area contributed by atoms with Gasteiger partial charge in [0.15, 0.2) is 0 Å². The van der Waals surface area contributed by atoms with E-state index in [9.17, 15) is 0 Å². The molecule has 1 aromatic carbocycles. The van der Waals surface area contributed by atoms with Gasteiger partial charge in [-0.3, -0.25) is 0 Å². The van der Waals surface area contributed by atoms with E-state index in [1.54, 1.807) is 6.07 Å². The molecule has 2 rings (SSSR count). The van der Waals surface area contributed by atoms with Gasteiger partial charge < -0.3 is 5.73 Å². The highest BCUT2D eigenvalue weighted by molar-refractivity contribution is 7.14. The Morgan fingerprint density at radius 2 is 1.88 bits per heavy atom. The number of hydrogen-bond acceptors (Lipinski definition) is 4. The largest absolute Gasteiger partial charge is 0.322 e. The number of hydrogen-bond donors (Lipinski definition) is 1. The van der Waals surface area contributed by atoms with Gasteiger partial charge in [-0.15, -0.1) is 10.2 Å². The van der Waals surface area contributed by atoms with E-state index >= 15 is 0 Å². The van der Waals surface area contributed by atoms with E-state index in [4.69, 9.17) is 28.9 Å². The van der Waals surface area contributed by atoms with Crippen LogP contribution in [0.2, 0.25) is 10.0 Å². The SMILES string of the molecule is CCC(N)c1nnc(-c2cc(Cl)cc(Cl)c2)s1. The van der Waals surface area contributed by atoms with E-state index in [0.717, 1.165) is 22.0 Å². The molecule has 0 saturated carbocycles. The summed E-state index contributed by atoms with van der Waals surface area (Å²) in [6, 6.07) is 5.26. The van der Waals surface area contributed by atoms with Crippen LogP contribution < -0.4 is 5.73 Å². The summed E-state index contributed by atoms with van der Waals surface area (Å²) in [7, 11) is 0. The molecule has 0 spiro atoms. The lowest BCUT2D eigenvalue weighted by Crippen LogP contribution is -2.07. The van der Waals surface area contributed by atoms with E-state index in [1.807, 2.05) is 19.1 Å². The molecule has 17 heavy (non-hydrogen) atoms. The Hall–Kier alpha value is -0.680. The number of benzene rings is 1. The molecular formula is C11H11Cl2N3S. The van der Waals surface area contributed by atoms with E-state index in [0.29, 0.717) is 10.0 Å². The lowest BCUT2D eigenvalue weighted by Gasteiger charge is -2.01. The summed E-state index contributed by atoms with van der Waals surface area (Å²) < 4.78 is 0. The first-order chi connectivity index (χ1) is 8.10. The smallest absolute Gasteiger partial charge is 0.147 e. The van der Waals surface area contributed by atoms with Gasteiger partial charge in [0.25, 0.3) is 0 Å². The molecule has 1 heterocycles. The van der Waals surface area contributed by atoms with E-state index < -0.39 is 0 Å². The molecule has 2 aromatic rings. The number of aromatic nitrogens is 2. The van der Waals surface area contributed by atoms with Crippen LogP contribution in [0.3, 0.4) is 0 Å². The van der Waals surface area contributed by atoms with Crippen LogP contribution in [0, 0.1) is 0 Å². The normalized spacial score (nSPS) is 12.7. The quantitative estimate of drug-likeness (QED) is 0.931. The number of nitrogens with two attached hydrogens (primary N) is 1. The van der Waals surface area contributed by atoms with Crippen LogP contribution in [-0.4, -0.2) is 10.2 Å². The summed E-state index contributed by atoms with van der Waals surface area (Å²) in [5.41, 5.74) is 6.77. The molecular weight excluding hydrogens is 277 g/mol. The lowest BCUT2D eigenvalue weighted by molar-refractivity contribution is 0.683. The summed E-state index contributed by atoms with van der Waals surface area (Å²) in [5, 5.41) is 11.0. The second kappa shape index (κ2) is 5.31. The summed E-state index contributed by atoms with van der Waals surface area (Å²) in [6.07, 6.45) is 0.838. The summed E-state index contributed by atoms with van der Waals surface area (Å²) in [4.78, 5) is 0. The molecule has 1 aromatic heterocycles. The molecule has 6 heteroatoms. The molecule has 2 N–H and O–H groups in total. The van der Waals surface area contributed by atoms with Crippen LogP contribution >= 0.6 is 34.5 Å². The van der Waals surface area contributed by atoms with Gasteiger partial charge in [0, 0.05) is 15.6 Å². The van der Waals surface area contributed by atoms with Crippen molar-refractivity contribution >= 4 is 34.5 Å². The second-order valence-corrected chi connectivity index (χ2v) is 5.50. The van der Waals surface area contributed by atoms with Crippen molar-refractivity contribution in [1.29, 1.82) is 0 Å². The Bertz CT molecular complexity index is 507. The van der Waals surface area contributed by atoms with Crippen molar-refractivity contribution in [3.8, 4) is 10.6 Å². The van der Waals surface area contributed by atoms with E-state index in [1.165, 1.54) is 11.3 Å². The van der Waals surface area contributed by atoms with Crippen molar-refractivity contribution in [1.82, 2.24) is 10.2 Å². The molecule has 90 valence electrons. The molecule has 1 unspecified atom stereocenters. The minimum atomic E-state index is -0.0593. The molecule has 1 atom stereocenters. The molecule has 0 aliphatic heterocycles. The van der Waals surface area contributed by atoms with Gasteiger partial charge in [0.2, 0.25) is 0 Å². The fourth-order valence-electron chi connectivity index (χ4n) is 1.35. The van der Waals surface area contributed by atoms with E-state index in [2.05, 4.69) is 10.2 Å². The molecule has 0 bridgehead atoms. The van der Waals surface area contributed by atoms with Gasteiger partial charge in [-0.25, -0.2) is 0 Å². The zero-order valence-corrected chi connectivity index (χ0v) is 11.5. The Kier molecular flexibility index (Phi) is 3.99. The number of nitrogens with zero attached hydrogens (tertiary/aromatic N) is 2. The second-order valence-electron chi connectivity index (χ2n) is 3.62. The standard InChI is InChI=1S/C11H11Cl2N3S/c1-2-9(14)11-16-15-10(17-11)6-3-7(12)5-8(13)4-6/h3-5,9H,2,14H2,1H3. The molecule has 0 fully saturated rings. The first kappa shape index (κ1) is 12.8. The zero-order chi connectivity index (χ0) is 12.4. The van der Waals surface area contributed by atoms with Crippen molar-refractivity contribution in [3.63, 3.8) is 0 Å². The fourth-order valence-corrected chi connectivity index (χ4v) is 2.79. The van der Waals surface area contributed by atoms with Crippen molar-refractivity contribution < 1.29 is 0 Å². The van der Waals surface area contributed by atoms with Gasteiger partial charge in [-0.05, 0) is 24.6 Å². The Balaban J connectivity index is 2.36. The van der Waals surface area contributed by atoms with Gasteiger partial charge >= 0.3 is 0 Å². The minimum Gasteiger partial charge on any atom is -0.322 e. The minimum absolute atomic E-state index is 0.0593. The predicted molar refractivity (Wildman–Crippen MR) is 72.6 cm³/mol. The topological polar surface area (TPSA) is 51.8 Å². The van der Waals surface area contributed by atoms with Gasteiger partial charge in [-0.1, -0.05) is 41.5 Å². The van der Waals surface area contributed by atoms with Crippen molar-refractivity contribution in [2.24, 2.45) is 5.73 Å². The van der Waals surface area contributed by atoms with E-state index in [-0.39, 0.29) is 6.04 Å². The molecule has 0 aliphatic carbocycles. The molecule has 0 aliphatic rings. The third-order valence-electron chi connectivity index (χ3n) is 2.31. The maximum absolute atomic E-state index is 5.94. The third-order valence-corrected chi connectivity index (χ3v) is 3.85. The zero-order valence-electron chi connectivity index (χ0n) is 9.15. The van der Waals surface area contributed by atoms with Gasteiger partial charge in [0.1, 0.15) is 10.0 Å². The monoisotopic (exact) mass is 287 g/mol. The molecule has 0 radical (unpaired) electrons. The maximum atomic E-state index is 5.94. The van der Waals surface area contributed by atoms with Crippen molar-refractivity contribution in [2.45, 2.75) is 19.4 Å². The summed E-state index contributed by atoms with van der Waals surface area (Å²) in [6.45, 7) is 2.02. The van der Waals surface area contributed by atoms with Crippen LogP contribution in [-0.2, 0) is 0 Å². The third kappa shape index (κ3) is 2.96.